The fraction of sp³-hybridized carbons (Fsp3) is 0.842. The van der Waals surface area contributed by atoms with E-state index in [2.05, 4.69) is 53.8 Å². The molecule has 1 N–H and O–H groups in total. The molecule has 0 aliphatic heterocycles. The third kappa shape index (κ3) is 7.07. The molecule has 0 aromatic heterocycles. The van der Waals surface area contributed by atoms with Crippen molar-refractivity contribution in [3.05, 3.63) is 11.6 Å². The molecule has 0 heterocycles. The summed E-state index contributed by atoms with van der Waals surface area (Å²) < 4.78 is 12.2. The molecule has 0 aromatic rings. The molecule has 4 atom stereocenters. The Balaban J connectivity index is 5.03. The zero-order chi connectivity index (χ0) is 19.3. The van der Waals surface area contributed by atoms with Crippen LogP contribution in [0, 0.1) is 11.8 Å². The average Bonchev–Trinajstić information content (AvgIpc) is 2.36. The minimum Gasteiger partial charge on any atom is -0.481 e. The maximum absolute atomic E-state index is 11.0. The smallest absolute Gasteiger partial charge is 0.306 e. The molecule has 5 heteroatoms. The van der Waals surface area contributed by atoms with Crippen LogP contribution in [-0.4, -0.2) is 38.7 Å². The molecule has 0 aliphatic carbocycles. The monoisotopic (exact) mass is 358 g/mol. The fourth-order valence-corrected chi connectivity index (χ4v) is 4.14. The topological polar surface area (TPSA) is 55.8 Å². The normalized spacial score (nSPS) is 18.8. The molecule has 0 fully saturated rings. The lowest BCUT2D eigenvalue weighted by atomic mass is 9.94. The fourth-order valence-electron chi connectivity index (χ4n) is 2.72. The summed E-state index contributed by atoms with van der Waals surface area (Å²) in [6, 6.07) is 0. The van der Waals surface area contributed by atoms with Crippen LogP contribution in [0.2, 0.25) is 18.1 Å². The van der Waals surface area contributed by atoms with Crippen LogP contribution in [-0.2, 0) is 14.0 Å². The number of hydrogen-bond acceptors (Lipinski definition) is 3. The van der Waals surface area contributed by atoms with Crippen LogP contribution in [0.15, 0.2) is 11.6 Å². The van der Waals surface area contributed by atoms with Crippen molar-refractivity contribution in [2.45, 2.75) is 85.2 Å². The SMILES string of the molecule is CO[C@H]([C@H](C)/C=C(\C)C[C@@H](C)C(=O)O)[C@@H](C)O[Si](C)(C)C(C)(C)C. The number of allylic oxidation sites excluding steroid dienone is 1. The lowest BCUT2D eigenvalue weighted by Crippen LogP contribution is -2.47. The van der Waals surface area contributed by atoms with Crippen LogP contribution in [0.1, 0.15) is 54.9 Å². The molecule has 0 radical (unpaired) electrons. The van der Waals surface area contributed by atoms with Crippen LogP contribution in [0.5, 0.6) is 0 Å². The quantitative estimate of drug-likeness (QED) is 0.460. The first-order chi connectivity index (χ1) is 10.7. The maximum atomic E-state index is 11.0. The molecular formula is C19H38O4Si. The predicted octanol–water partition coefficient (Wildman–Crippen LogP) is 5.10. The van der Waals surface area contributed by atoms with Gasteiger partial charge in [0.2, 0.25) is 0 Å². The average molecular weight is 359 g/mol. The molecule has 24 heavy (non-hydrogen) atoms. The standard InChI is InChI=1S/C19H38O4Si/c1-13(12-15(3)18(20)21)11-14(2)17(22-8)16(4)23-24(9,10)19(5,6)7/h11,14-17H,12H2,1-10H3,(H,20,21)/b13-11+/t14-,15-,16-,17-/m1/s1. The van der Waals surface area contributed by atoms with Gasteiger partial charge in [-0.15, -0.1) is 0 Å². The number of hydrogen-bond donors (Lipinski definition) is 1. The van der Waals surface area contributed by atoms with Gasteiger partial charge < -0.3 is 14.3 Å². The maximum Gasteiger partial charge on any atom is 0.306 e. The van der Waals surface area contributed by atoms with Crippen molar-refractivity contribution in [3.8, 4) is 0 Å². The molecule has 0 unspecified atom stereocenters. The number of methoxy groups -OCH3 is 1. The highest BCUT2D eigenvalue weighted by Gasteiger charge is 2.40. The Hall–Kier alpha value is -0.653. The van der Waals surface area contributed by atoms with Gasteiger partial charge in [-0.05, 0) is 38.4 Å². The summed E-state index contributed by atoms with van der Waals surface area (Å²) in [5.41, 5.74) is 1.08. The number of carboxylic acids is 1. The van der Waals surface area contributed by atoms with Gasteiger partial charge in [-0.1, -0.05) is 46.3 Å². The summed E-state index contributed by atoms with van der Waals surface area (Å²) in [4.78, 5) is 11.0. The van der Waals surface area contributed by atoms with Gasteiger partial charge in [0.1, 0.15) is 0 Å². The van der Waals surface area contributed by atoms with Crippen LogP contribution in [0.3, 0.4) is 0 Å². The van der Waals surface area contributed by atoms with E-state index in [9.17, 15) is 4.79 Å². The van der Waals surface area contributed by atoms with E-state index < -0.39 is 14.3 Å². The van der Waals surface area contributed by atoms with Gasteiger partial charge in [-0.25, -0.2) is 0 Å². The zero-order valence-electron chi connectivity index (χ0n) is 17.3. The lowest BCUT2D eigenvalue weighted by Gasteiger charge is -2.41. The Morgan fingerprint density at radius 2 is 1.71 bits per heavy atom. The molecule has 142 valence electrons. The second-order valence-electron chi connectivity index (χ2n) is 8.60. The van der Waals surface area contributed by atoms with Crippen molar-refractivity contribution in [1.29, 1.82) is 0 Å². The highest BCUT2D eigenvalue weighted by Crippen LogP contribution is 2.38. The van der Waals surface area contributed by atoms with Crippen LogP contribution in [0.4, 0.5) is 0 Å². The summed E-state index contributed by atoms with van der Waals surface area (Å²) in [5.74, 6) is -0.959. The minimum absolute atomic E-state index is 0.00756. The third-order valence-electron chi connectivity index (χ3n) is 5.14. The van der Waals surface area contributed by atoms with Crippen molar-refractivity contribution < 1.29 is 19.1 Å². The molecule has 0 spiro atoms. The third-order valence-corrected chi connectivity index (χ3v) is 9.71. The molecule has 0 aliphatic rings. The number of ether oxygens (including phenoxy) is 1. The van der Waals surface area contributed by atoms with Crippen LogP contribution < -0.4 is 0 Å². The molecule has 0 bridgehead atoms. The summed E-state index contributed by atoms with van der Waals surface area (Å²) in [6.45, 7) is 19.1. The first-order valence-electron chi connectivity index (χ1n) is 8.83. The highest BCUT2D eigenvalue weighted by molar-refractivity contribution is 6.74. The number of rotatable bonds is 9. The highest BCUT2D eigenvalue weighted by atomic mass is 28.4. The molecular weight excluding hydrogens is 320 g/mol. The van der Waals surface area contributed by atoms with E-state index in [4.69, 9.17) is 14.3 Å². The molecule has 0 rings (SSSR count). The second kappa shape index (κ2) is 9.16. The Kier molecular flexibility index (Phi) is 8.91. The van der Waals surface area contributed by atoms with Crippen LogP contribution in [0.25, 0.3) is 0 Å². The zero-order valence-corrected chi connectivity index (χ0v) is 18.3. The summed E-state index contributed by atoms with van der Waals surface area (Å²) in [5, 5.41) is 9.20. The Morgan fingerprint density at radius 3 is 2.08 bits per heavy atom. The Morgan fingerprint density at radius 1 is 1.21 bits per heavy atom. The molecule has 0 saturated carbocycles. The van der Waals surface area contributed by atoms with Gasteiger partial charge in [0.05, 0.1) is 18.1 Å². The van der Waals surface area contributed by atoms with E-state index in [1.807, 2.05) is 6.92 Å². The van der Waals surface area contributed by atoms with E-state index in [-0.39, 0.29) is 29.1 Å². The van der Waals surface area contributed by atoms with Gasteiger partial charge >= 0.3 is 5.97 Å². The Bertz CT molecular complexity index is 437. The largest absolute Gasteiger partial charge is 0.481 e. The van der Waals surface area contributed by atoms with Gasteiger partial charge in [0.25, 0.3) is 0 Å². The second-order valence-corrected chi connectivity index (χ2v) is 13.4. The summed E-state index contributed by atoms with van der Waals surface area (Å²) in [6.07, 6.45) is 2.63. The first-order valence-corrected chi connectivity index (χ1v) is 11.7. The number of aliphatic carboxylic acids is 1. The van der Waals surface area contributed by atoms with Crippen LogP contribution >= 0.6 is 0 Å². The first kappa shape index (κ1) is 23.3. The van der Waals surface area contributed by atoms with Crippen molar-refractivity contribution in [1.82, 2.24) is 0 Å². The van der Waals surface area contributed by atoms with E-state index in [1.54, 1.807) is 14.0 Å². The van der Waals surface area contributed by atoms with Gasteiger partial charge in [-0.2, -0.15) is 0 Å². The molecule has 0 aromatic carbocycles. The lowest BCUT2D eigenvalue weighted by molar-refractivity contribution is -0.141. The van der Waals surface area contributed by atoms with Crippen molar-refractivity contribution in [3.63, 3.8) is 0 Å². The van der Waals surface area contributed by atoms with Gasteiger partial charge in [0.15, 0.2) is 8.32 Å². The van der Waals surface area contributed by atoms with E-state index >= 15 is 0 Å². The predicted molar refractivity (Wildman–Crippen MR) is 103 cm³/mol. The molecule has 4 nitrogen and oxygen atoms in total. The number of carboxylic acid groups (broad SMARTS) is 1. The molecule has 0 amide bonds. The minimum atomic E-state index is -1.85. The number of carbonyl (C=O) groups is 1. The van der Waals surface area contributed by atoms with Crippen molar-refractivity contribution in [2.24, 2.45) is 11.8 Å². The van der Waals surface area contributed by atoms with Gasteiger partial charge in [-0.3, -0.25) is 4.79 Å². The Labute approximate surface area is 149 Å². The summed E-state index contributed by atoms with van der Waals surface area (Å²) >= 11 is 0. The van der Waals surface area contributed by atoms with E-state index in [1.165, 1.54) is 0 Å². The van der Waals surface area contributed by atoms with E-state index in [0.717, 1.165) is 5.57 Å². The van der Waals surface area contributed by atoms with E-state index in [0.29, 0.717) is 6.42 Å². The molecule has 0 saturated heterocycles. The van der Waals surface area contributed by atoms with Crippen molar-refractivity contribution in [2.75, 3.05) is 7.11 Å². The van der Waals surface area contributed by atoms with Crippen molar-refractivity contribution >= 4 is 14.3 Å². The van der Waals surface area contributed by atoms with Gasteiger partial charge in [0, 0.05) is 13.0 Å². The summed E-state index contributed by atoms with van der Waals surface area (Å²) in [7, 11) is -0.134.